The van der Waals surface area contributed by atoms with Crippen LogP contribution in [-0.4, -0.2) is 31.1 Å². The summed E-state index contributed by atoms with van der Waals surface area (Å²) < 4.78 is 10.0. The number of fused-ring (bicyclic) bond motifs is 1. The standard InChI is InChI=1S/C23H21NO5/c1-3-28-22(26)18-12-19(23(27)29-4-2)14-20(13-18)24-21(25)17-10-9-15-7-5-6-8-16(15)11-17/h5-14H,3-4H2,1-2H3,(H,24,25). The van der Waals surface area contributed by atoms with E-state index in [9.17, 15) is 14.4 Å². The van der Waals surface area contributed by atoms with Crippen molar-refractivity contribution in [1.29, 1.82) is 0 Å². The number of carbonyl (C=O) groups excluding carboxylic acids is 3. The second-order valence-electron chi connectivity index (χ2n) is 6.26. The summed E-state index contributed by atoms with van der Waals surface area (Å²) in [4.78, 5) is 37.0. The van der Waals surface area contributed by atoms with Gasteiger partial charge in [-0.15, -0.1) is 0 Å². The van der Waals surface area contributed by atoms with E-state index < -0.39 is 11.9 Å². The Morgan fingerprint density at radius 1 is 0.724 bits per heavy atom. The van der Waals surface area contributed by atoms with Crippen molar-refractivity contribution < 1.29 is 23.9 Å². The van der Waals surface area contributed by atoms with E-state index in [1.807, 2.05) is 30.3 Å². The zero-order valence-electron chi connectivity index (χ0n) is 16.2. The summed E-state index contributed by atoms with van der Waals surface area (Å²) in [6.07, 6.45) is 0. The highest BCUT2D eigenvalue weighted by Crippen LogP contribution is 2.20. The molecule has 1 N–H and O–H groups in total. The zero-order chi connectivity index (χ0) is 20.8. The molecule has 0 heterocycles. The second-order valence-corrected chi connectivity index (χ2v) is 6.26. The van der Waals surface area contributed by atoms with Crippen molar-refractivity contribution in [2.75, 3.05) is 18.5 Å². The maximum Gasteiger partial charge on any atom is 0.338 e. The number of benzene rings is 3. The Bertz CT molecular complexity index is 1040. The third kappa shape index (κ3) is 4.79. The number of anilines is 1. The molecule has 0 saturated heterocycles. The molecule has 29 heavy (non-hydrogen) atoms. The highest BCUT2D eigenvalue weighted by molar-refractivity contribution is 6.07. The summed E-state index contributed by atoms with van der Waals surface area (Å²) in [6, 6.07) is 17.4. The van der Waals surface area contributed by atoms with Gasteiger partial charge in [0.15, 0.2) is 0 Å². The van der Waals surface area contributed by atoms with Gasteiger partial charge in [-0.2, -0.15) is 0 Å². The SMILES string of the molecule is CCOC(=O)c1cc(NC(=O)c2ccc3ccccc3c2)cc(C(=O)OCC)c1. The van der Waals surface area contributed by atoms with Crippen molar-refractivity contribution in [3.8, 4) is 0 Å². The molecule has 0 bridgehead atoms. The molecule has 3 aromatic carbocycles. The van der Waals surface area contributed by atoms with Crippen LogP contribution in [0.1, 0.15) is 44.9 Å². The van der Waals surface area contributed by atoms with Crippen molar-refractivity contribution in [1.82, 2.24) is 0 Å². The molecular weight excluding hydrogens is 370 g/mol. The smallest absolute Gasteiger partial charge is 0.338 e. The third-order valence-electron chi connectivity index (χ3n) is 4.22. The van der Waals surface area contributed by atoms with Gasteiger partial charge in [-0.3, -0.25) is 4.79 Å². The van der Waals surface area contributed by atoms with Crippen LogP contribution < -0.4 is 5.32 Å². The molecular formula is C23H21NO5. The first-order valence-corrected chi connectivity index (χ1v) is 9.31. The van der Waals surface area contributed by atoms with Gasteiger partial charge in [-0.1, -0.05) is 30.3 Å². The number of carbonyl (C=O) groups is 3. The minimum Gasteiger partial charge on any atom is -0.462 e. The van der Waals surface area contributed by atoms with Gasteiger partial charge in [-0.25, -0.2) is 9.59 Å². The number of esters is 2. The molecule has 1 amide bonds. The number of amides is 1. The summed E-state index contributed by atoms with van der Waals surface area (Å²) in [5.41, 5.74) is 1.08. The molecule has 0 aliphatic rings. The molecule has 3 rings (SSSR count). The number of ether oxygens (including phenoxy) is 2. The average Bonchev–Trinajstić information content (AvgIpc) is 2.73. The average molecular weight is 391 g/mol. The summed E-state index contributed by atoms with van der Waals surface area (Å²) in [5, 5.41) is 4.71. The molecule has 0 saturated carbocycles. The van der Waals surface area contributed by atoms with Gasteiger partial charge in [0, 0.05) is 11.3 Å². The van der Waals surface area contributed by atoms with E-state index in [0.717, 1.165) is 10.8 Å². The van der Waals surface area contributed by atoms with E-state index >= 15 is 0 Å². The molecule has 3 aromatic rings. The molecule has 0 radical (unpaired) electrons. The highest BCUT2D eigenvalue weighted by Gasteiger charge is 2.16. The topological polar surface area (TPSA) is 81.7 Å². The van der Waals surface area contributed by atoms with Crippen LogP contribution in [0.15, 0.2) is 60.7 Å². The Kier molecular flexibility index (Phi) is 6.24. The minimum absolute atomic E-state index is 0.159. The Hall–Kier alpha value is -3.67. The summed E-state index contributed by atoms with van der Waals surface area (Å²) >= 11 is 0. The van der Waals surface area contributed by atoms with Crippen molar-refractivity contribution in [3.63, 3.8) is 0 Å². The van der Waals surface area contributed by atoms with Crippen molar-refractivity contribution >= 4 is 34.3 Å². The molecule has 0 unspecified atom stereocenters. The molecule has 0 spiro atoms. The van der Waals surface area contributed by atoms with Gasteiger partial charge in [-0.05, 0) is 55.0 Å². The number of nitrogens with one attached hydrogen (secondary N) is 1. The first kappa shape index (κ1) is 20.1. The summed E-state index contributed by atoms with van der Waals surface area (Å²) in [7, 11) is 0. The van der Waals surface area contributed by atoms with Gasteiger partial charge in [0.05, 0.1) is 24.3 Å². The van der Waals surface area contributed by atoms with Gasteiger partial charge >= 0.3 is 11.9 Å². The molecule has 0 aromatic heterocycles. The lowest BCUT2D eigenvalue weighted by atomic mass is 10.1. The second kappa shape index (κ2) is 9.01. The lowest BCUT2D eigenvalue weighted by Gasteiger charge is -2.11. The Morgan fingerprint density at radius 3 is 1.90 bits per heavy atom. The van der Waals surface area contributed by atoms with Crippen LogP contribution in [0.2, 0.25) is 0 Å². The summed E-state index contributed by atoms with van der Waals surface area (Å²) in [5.74, 6) is -1.52. The predicted molar refractivity (Wildman–Crippen MR) is 110 cm³/mol. The van der Waals surface area contributed by atoms with Crippen LogP contribution in [0.5, 0.6) is 0 Å². The molecule has 0 fully saturated rings. The number of hydrogen-bond donors (Lipinski definition) is 1. The zero-order valence-corrected chi connectivity index (χ0v) is 16.2. The van der Waals surface area contributed by atoms with E-state index in [4.69, 9.17) is 9.47 Å². The molecule has 0 aliphatic heterocycles. The Labute approximate surface area is 168 Å². The molecule has 6 heteroatoms. The van der Waals surface area contributed by atoms with Gasteiger partial charge in [0.1, 0.15) is 0 Å². The highest BCUT2D eigenvalue weighted by atomic mass is 16.5. The Balaban J connectivity index is 1.91. The van der Waals surface area contributed by atoms with Crippen molar-refractivity contribution in [2.45, 2.75) is 13.8 Å². The van der Waals surface area contributed by atoms with Crippen LogP contribution in [0, 0.1) is 0 Å². The first-order valence-electron chi connectivity index (χ1n) is 9.31. The van der Waals surface area contributed by atoms with Gasteiger partial charge in [0.2, 0.25) is 0 Å². The van der Waals surface area contributed by atoms with E-state index in [2.05, 4.69) is 5.32 Å². The van der Waals surface area contributed by atoms with E-state index in [-0.39, 0.29) is 30.2 Å². The fraction of sp³-hybridized carbons (Fsp3) is 0.174. The summed E-state index contributed by atoms with van der Waals surface area (Å²) in [6.45, 7) is 3.77. The normalized spacial score (nSPS) is 10.4. The van der Waals surface area contributed by atoms with Crippen LogP contribution in [0.4, 0.5) is 5.69 Å². The van der Waals surface area contributed by atoms with Crippen LogP contribution >= 0.6 is 0 Å². The quantitative estimate of drug-likeness (QED) is 0.628. The van der Waals surface area contributed by atoms with Crippen LogP contribution in [0.25, 0.3) is 10.8 Å². The molecule has 148 valence electrons. The van der Waals surface area contributed by atoms with Crippen molar-refractivity contribution in [2.24, 2.45) is 0 Å². The minimum atomic E-state index is -0.583. The van der Waals surface area contributed by atoms with Crippen LogP contribution in [0.3, 0.4) is 0 Å². The molecule has 0 aliphatic carbocycles. The van der Waals surface area contributed by atoms with E-state index in [1.165, 1.54) is 18.2 Å². The van der Waals surface area contributed by atoms with Gasteiger partial charge < -0.3 is 14.8 Å². The van der Waals surface area contributed by atoms with Crippen molar-refractivity contribution in [3.05, 3.63) is 77.4 Å². The van der Waals surface area contributed by atoms with E-state index in [0.29, 0.717) is 11.3 Å². The predicted octanol–water partition coefficient (Wildman–Crippen LogP) is 4.45. The lowest BCUT2D eigenvalue weighted by Crippen LogP contribution is -2.15. The Morgan fingerprint density at radius 2 is 1.31 bits per heavy atom. The fourth-order valence-corrected chi connectivity index (χ4v) is 2.90. The maximum atomic E-state index is 12.7. The molecule has 0 atom stereocenters. The fourth-order valence-electron chi connectivity index (χ4n) is 2.90. The largest absolute Gasteiger partial charge is 0.462 e. The lowest BCUT2D eigenvalue weighted by molar-refractivity contribution is 0.0525. The number of hydrogen-bond acceptors (Lipinski definition) is 5. The van der Waals surface area contributed by atoms with E-state index in [1.54, 1.807) is 26.0 Å². The number of rotatable bonds is 6. The van der Waals surface area contributed by atoms with Gasteiger partial charge in [0.25, 0.3) is 5.91 Å². The first-order chi connectivity index (χ1) is 14.0. The monoisotopic (exact) mass is 391 g/mol. The van der Waals surface area contributed by atoms with Crippen LogP contribution in [-0.2, 0) is 9.47 Å². The molecule has 6 nitrogen and oxygen atoms in total. The third-order valence-corrected chi connectivity index (χ3v) is 4.22. The maximum absolute atomic E-state index is 12.7.